The van der Waals surface area contributed by atoms with E-state index in [1.807, 2.05) is 11.8 Å². The highest BCUT2D eigenvalue weighted by Crippen LogP contribution is 2.25. The van der Waals surface area contributed by atoms with E-state index >= 15 is 0 Å². The normalized spacial score (nSPS) is 22.7. The molecule has 1 fully saturated rings. The van der Waals surface area contributed by atoms with Crippen molar-refractivity contribution in [3.8, 4) is 0 Å². The zero-order chi connectivity index (χ0) is 13.1. The van der Waals surface area contributed by atoms with E-state index in [4.69, 9.17) is 5.73 Å². The molecule has 1 aliphatic heterocycles. The molecule has 1 aliphatic rings. The molecular weight excluding hydrogens is 233 g/mol. The average molecular weight is 251 g/mol. The van der Waals surface area contributed by atoms with E-state index in [9.17, 15) is 9.18 Å². The van der Waals surface area contributed by atoms with E-state index in [-0.39, 0.29) is 23.8 Å². The van der Waals surface area contributed by atoms with E-state index < -0.39 is 0 Å². The van der Waals surface area contributed by atoms with Gasteiger partial charge in [0.25, 0.3) is 0 Å². The highest BCUT2D eigenvalue weighted by Gasteiger charge is 2.31. The van der Waals surface area contributed by atoms with E-state index in [1.165, 1.54) is 6.07 Å². The lowest BCUT2D eigenvalue weighted by Crippen LogP contribution is -2.57. The van der Waals surface area contributed by atoms with Gasteiger partial charge < -0.3 is 11.1 Å². The van der Waals surface area contributed by atoms with Crippen molar-refractivity contribution in [1.82, 2.24) is 10.2 Å². The number of piperazine rings is 1. The van der Waals surface area contributed by atoms with Crippen LogP contribution in [0.5, 0.6) is 0 Å². The fraction of sp³-hybridized carbons (Fsp3) is 0.462. The largest absolute Gasteiger partial charge is 0.368 e. The van der Waals surface area contributed by atoms with Crippen LogP contribution < -0.4 is 11.1 Å². The first kappa shape index (κ1) is 13.0. The molecule has 1 aromatic rings. The van der Waals surface area contributed by atoms with Gasteiger partial charge in [-0.3, -0.25) is 9.69 Å². The van der Waals surface area contributed by atoms with Crippen molar-refractivity contribution in [2.75, 3.05) is 19.6 Å². The maximum absolute atomic E-state index is 13.8. The summed E-state index contributed by atoms with van der Waals surface area (Å²) in [7, 11) is 0. The molecule has 2 atom stereocenters. The van der Waals surface area contributed by atoms with E-state index in [0.717, 1.165) is 6.54 Å². The number of nitrogens with zero attached hydrogens (tertiary/aromatic N) is 1. The van der Waals surface area contributed by atoms with Crippen LogP contribution in [0.4, 0.5) is 4.39 Å². The molecule has 18 heavy (non-hydrogen) atoms. The highest BCUT2D eigenvalue weighted by atomic mass is 19.1. The van der Waals surface area contributed by atoms with E-state index in [1.54, 1.807) is 18.2 Å². The molecule has 1 heterocycles. The van der Waals surface area contributed by atoms with Gasteiger partial charge in [0.1, 0.15) is 11.9 Å². The second kappa shape index (κ2) is 5.46. The summed E-state index contributed by atoms with van der Waals surface area (Å²) in [5.74, 6) is -0.614. The first-order valence-electron chi connectivity index (χ1n) is 6.11. The molecule has 2 rings (SSSR count). The van der Waals surface area contributed by atoms with Gasteiger partial charge >= 0.3 is 0 Å². The number of nitrogens with two attached hydrogens (primary N) is 1. The second-order valence-electron chi connectivity index (χ2n) is 4.56. The number of carbonyl (C=O) groups is 1. The smallest absolute Gasteiger partial charge is 0.236 e. The fourth-order valence-electron chi connectivity index (χ4n) is 2.44. The molecule has 2 unspecified atom stereocenters. The Labute approximate surface area is 106 Å². The summed E-state index contributed by atoms with van der Waals surface area (Å²) in [4.78, 5) is 13.4. The van der Waals surface area contributed by atoms with Crippen LogP contribution in [0, 0.1) is 5.82 Å². The minimum Gasteiger partial charge on any atom is -0.368 e. The average Bonchev–Trinajstić information content (AvgIpc) is 2.38. The SMILES string of the molecule is CC(c1ccccc1F)N1CCNCC1C(N)=O. The summed E-state index contributed by atoms with van der Waals surface area (Å²) in [6.45, 7) is 3.89. The molecule has 98 valence electrons. The van der Waals surface area contributed by atoms with Crippen molar-refractivity contribution in [2.24, 2.45) is 5.73 Å². The molecule has 0 aliphatic carbocycles. The Hall–Kier alpha value is -1.46. The highest BCUT2D eigenvalue weighted by molar-refractivity contribution is 5.80. The van der Waals surface area contributed by atoms with Crippen LogP contribution in [0.25, 0.3) is 0 Å². The van der Waals surface area contributed by atoms with Gasteiger partial charge in [0.15, 0.2) is 0 Å². The number of hydrogen-bond donors (Lipinski definition) is 2. The van der Waals surface area contributed by atoms with Gasteiger partial charge in [-0.1, -0.05) is 18.2 Å². The Morgan fingerprint density at radius 2 is 2.28 bits per heavy atom. The van der Waals surface area contributed by atoms with Crippen LogP contribution in [0.1, 0.15) is 18.5 Å². The summed E-state index contributed by atoms with van der Waals surface area (Å²) in [6.07, 6.45) is 0. The second-order valence-corrected chi connectivity index (χ2v) is 4.56. The Bertz CT molecular complexity index is 438. The lowest BCUT2D eigenvalue weighted by Gasteiger charge is -2.38. The molecule has 1 aromatic carbocycles. The first-order valence-corrected chi connectivity index (χ1v) is 6.11. The minimum absolute atomic E-state index is 0.161. The number of benzene rings is 1. The van der Waals surface area contributed by atoms with Crippen molar-refractivity contribution >= 4 is 5.91 Å². The summed E-state index contributed by atoms with van der Waals surface area (Å²) in [5, 5.41) is 3.13. The van der Waals surface area contributed by atoms with E-state index in [0.29, 0.717) is 18.7 Å². The number of rotatable bonds is 3. The maximum atomic E-state index is 13.8. The van der Waals surface area contributed by atoms with Crippen LogP contribution in [0.3, 0.4) is 0 Å². The number of primary amides is 1. The summed E-state index contributed by atoms with van der Waals surface area (Å²) in [5.41, 5.74) is 6.00. The van der Waals surface area contributed by atoms with Crippen molar-refractivity contribution in [2.45, 2.75) is 19.0 Å². The number of hydrogen-bond acceptors (Lipinski definition) is 3. The molecule has 4 nitrogen and oxygen atoms in total. The molecule has 1 saturated heterocycles. The Balaban J connectivity index is 2.23. The monoisotopic (exact) mass is 251 g/mol. The topological polar surface area (TPSA) is 58.4 Å². The fourth-order valence-corrected chi connectivity index (χ4v) is 2.44. The van der Waals surface area contributed by atoms with Crippen molar-refractivity contribution in [1.29, 1.82) is 0 Å². The standard InChI is InChI=1S/C13H18FN3O/c1-9(10-4-2-3-5-11(10)14)17-7-6-16-8-12(17)13(15)18/h2-5,9,12,16H,6-8H2,1H3,(H2,15,18). The van der Waals surface area contributed by atoms with Gasteiger partial charge in [-0.25, -0.2) is 4.39 Å². The zero-order valence-corrected chi connectivity index (χ0v) is 10.4. The predicted octanol–water partition coefficient (Wildman–Crippen LogP) is 0.646. The number of amides is 1. The third kappa shape index (κ3) is 2.52. The van der Waals surface area contributed by atoms with Gasteiger partial charge in [-0.15, -0.1) is 0 Å². The van der Waals surface area contributed by atoms with Crippen LogP contribution >= 0.6 is 0 Å². The van der Waals surface area contributed by atoms with Crippen molar-refractivity contribution in [3.63, 3.8) is 0 Å². The molecule has 0 radical (unpaired) electrons. The molecule has 0 aromatic heterocycles. The van der Waals surface area contributed by atoms with Gasteiger partial charge in [-0.2, -0.15) is 0 Å². The third-order valence-electron chi connectivity index (χ3n) is 3.47. The van der Waals surface area contributed by atoms with E-state index in [2.05, 4.69) is 5.32 Å². The number of halogens is 1. The van der Waals surface area contributed by atoms with Gasteiger partial charge in [0.05, 0.1) is 0 Å². The predicted molar refractivity (Wildman–Crippen MR) is 67.4 cm³/mol. The van der Waals surface area contributed by atoms with Crippen LogP contribution in [0.15, 0.2) is 24.3 Å². The van der Waals surface area contributed by atoms with Gasteiger partial charge in [0.2, 0.25) is 5.91 Å². The van der Waals surface area contributed by atoms with Crippen LogP contribution in [-0.4, -0.2) is 36.5 Å². The molecule has 3 N–H and O–H groups in total. The molecular formula is C13H18FN3O. The summed E-state index contributed by atoms with van der Waals surface area (Å²) < 4.78 is 13.8. The minimum atomic E-state index is -0.381. The van der Waals surface area contributed by atoms with Crippen molar-refractivity contribution < 1.29 is 9.18 Å². The maximum Gasteiger partial charge on any atom is 0.236 e. The van der Waals surface area contributed by atoms with Crippen LogP contribution in [-0.2, 0) is 4.79 Å². The molecule has 0 bridgehead atoms. The Kier molecular flexibility index (Phi) is 3.93. The Morgan fingerprint density at radius 3 is 2.94 bits per heavy atom. The van der Waals surface area contributed by atoms with Gasteiger partial charge in [0, 0.05) is 31.2 Å². The molecule has 0 spiro atoms. The number of carbonyl (C=O) groups excluding carboxylic acids is 1. The molecule has 0 saturated carbocycles. The quantitative estimate of drug-likeness (QED) is 0.829. The number of nitrogens with one attached hydrogen (secondary N) is 1. The summed E-state index contributed by atoms with van der Waals surface area (Å²) >= 11 is 0. The van der Waals surface area contributed by atoms with Crippen molar-refractivity contribution in [3.05, 3.63) is 35.6 Å². The Morgan fingerprint density at radius 1 is 1.56 bits per heavy atom. The lowest BCUT2D eigenvalue weighted by atomic mass is 10.0. The lowest BCUT2D eigenvalue weighted by molar-refractivity contribution is -0.124. The molecule has 1 amide bonds. The zero-order valence-electron chi connectivity index (χ0n) is 10.4. The van der Waals surface area contributed by atoms with Crippen LogP contribution in [0.2, 0.25) is 0 Å². The first-order chi connectivity index (χ1) is 8.61. The summed E-state index contributed by atoms with van der Waals surface area (Å²) in [6, 6.07) is 6.11. The third-order valence-corrected chi connectivity index (χ3v) is 3.47. The van der Waals surface area contributed by atoms with Gasteiger partial charge in [-0.05, 0) is 13.0 Å². The molecule has 5 heteroatoms.